The number of alkyl halides is 3. The Morgan fingerprint density at radius 2 is 1.84 bits per heavy atom. The molecule has 31 heavy (non-hydrogen) atoms. The molecule has 0 saturated heterocycles. The first kappa shape index (κ1) is 27.1. The van der Waals surface area contributed by atoms with Gasteiger partial charge in [-0.2, -0.15) is 13.2 Å². The monoisotopic (exact) mass is 532 g/mol. The second kappa shape index (κ2) is 10.1. The Labute approximate surface area is 187 Å². The Hall–Kier alpha value is -1.96. The predicted octanol–water partition coefficient (Wildman–Crippen LogP) is 4.66. The molecule has 0 atom stereocenters. The Morgan fingerprint density at radius 3 is 2.35 bits per heavy atom. The Morgan fingerprint density at radius 1 is 1.26 bits per heavy atom. The van der Waals surface area contributed by atoms with Crippen molar-refractivity contribution in [3.63, 3.8) is 0 Å². The molecular weight excluding hydrogens is 510 g/mol. The molecule has 176 valence electrons. The third-order valence-corrected chi connectivity index (χ3v) is 4.71. The predicted molar refractivity (Wildman–Crippen MR) is 111 cm³/mol. The van der Waals surface area contributed by atoms with Gasteiger partial charge in [-0.3, -0.25) is 5.32 Å². The summed E-state index contributed by atoms with van der Waals surface area (Å²) >= 11 is 3.12. The van der Waals surface area contributed by atoms with E-state index in [4.69, 9.17) is 4.74 Å². The van der Waals surface area contributed by atoms with Crippen LogP contribution in [0.5, 0.6) is 0 Å². The summed E-state index contributed by atoms with van der Waals surface area (Å²) in [4.78, 5) is 20.4. The SMILES string of the molecule is CN(C(=NC(C)(C)c1nc(Br)ccc1F)NC(=O)OC(C)(C)C)[S-](=O)=NCC(F)(F)F. The zero-order valence-corrected chi connectivity index (χ0v) is 20.1. The van der Waals surface area contributed by atoms with Crippen molar-refractivity contribution in [1.82, 2.24) is 14.6 Å². The first-order chi connectivity index (χ1) is 13.9. The first-order valence-electron chi connectivity index (χ1n) is 8.73. The van der Waals surface area contributed by atoms with E-state index < -0.39 is 52.5 Å². The van der Waals surface area contributed by atoms with Crippen molar-refractivity contribution >= 4 is 38.8 Å². The lowest BCUT2D eigenvalue weighted by Gasteiger charge is -2.30. The minimum atomic E-state index is -4.67. The summed E-state index contributed by atoms with van der Waals surface area (Å²) < 4.78 is 73.0. The number of nitrogens with one attached hydrogen (secondary N) is 1. The van der Waals surface area contributed by atoms with Gasteiger partial charge < -0.3 is 17.6 Å². The van der Waals surface area contributed by atoms with Crippen molar-refractivity contribution in [1.29, 1.82) is 0 Å². The van der Waals surface area contributed by atoms with Crippen LogP contribution >= 0.6 is 15.9 Å². The molecule has 1 heterocycles. The standard InChI is InChI=1S/C17H23BrF4N5O3S/c1-15(2,3)30-14(28)25-13(27(6)31(29)23-9-17(20,21)22)26-16(4,5)12-10(19)7-8-11(18)24-12/h7-8H,9H2,1-6H3,(H,25,26,28)/q-1. The van der Waals surface area contributed by atoms with Gasteiger partial charge in [0, 0.05) is 0 Å². The van der Waals surface area contributed by atoms with Crippen molar-refractivity contribution in [2.24, 2.45) is 9.36 Å². The van der Waals surface area contributed by atoms with Gasteiger partial charge in [0.05, 0.1) is 0 Å². The zero-order valence-electron chi connectivity index (χ0n) is 17.7. The molecule has 0 bridgehead atoms. The van der Waals surface area contributed by atoms with E-state index in [-0.39, 0.29) is 5.69 Å². The maximum atomic E-state index is 14.3. The topological polar surface area (TPSA) is 96.3 Å². The van der Waals surface area contributed by atoms with E-state index in [1.54, 1.807) is 20.8 Å². The van der Waals surface area contributed by atoms with Gasteiger partial charge >= 0.3 is 12.3 Å². The van der Waals surface area contributed by atoms with Crippen LogP contribution in [0.3, 0.4) is 0 Å². The highest BCUT2D eigenvalue weighted by Crippen LogP contribution is 2.27. The maximum absolute atomic E-state index is 14.3. The number of hydrogen-bond donors (Lipinski definition) is 1. The normalized spacial score (nSPS) is 14.4. The van der Waals surface area contributed by atoms with E-state index in [9.17, 15) is 26.6 Å². The number of carbonyl (C=O) groups excluding carboxylic acids is 1. The lowest BCUT2D eigenvalue weighted by Crippen LogP contribution is -2.45. The van der Waals surface area contributed by atoms with Crippen LogP contribution in [-0.2, 0) is 25.3 Å². The smallest absolute Gasteiger partial charge is 0.414 e. The number of rotatable bonds is 4. The summed E-state index contributed by atoms with van der Waals surface area (Å²) in [5.41, 5.74) is -2.46. The van der Waals surface area contributed by atoms with Crippen LogP contribution in [0.25, 0.3) is 0 Å². The summed E-state index contributed by atoms with van der Waals surface area (Å²) in [6.45, 7) is 6.00. The molecule has 0 aliphatic rings. The molecule has 0 fully saturated rings. The molecular formula is C17H23BrF4N5O3S-. The first-order valence-corrected chi connectivity index (χ1v) is 10.6. The fourth-order valence-electron chi connectivity index (χ4n) is 2.03. The van der Waals surface area contributed by atoms with Crippen LogP contribution in [0.15, 0.2) is 26.1 Å². The highest BCUT2D eigenvalue weighted by molar-refractivity contribution is 9.10. The fraction of sp³-hybridized carbons (Fsp3) is 0.588. The van der Waals surface area contributed by atoms with E-state index in [0.29, 0.717) is 8.91 Å². The molecule has 0 aliphatic heterocycles. The highest BCUT2D eigenvalue weighted by atomic mass is 79.9. The molecule has 1 aromatic heterocycles. The lowest BCUT2D eigenvalue weighted by atomic mass is 10.0. The molecule has 0 saturated carbocycles. The van der Waals surface area contributed by atoms with Crippen LogP contribution in [0.2, 0.25) is 0 Å². The number of pyridine rings is 1. The minimum Gasteiger partial charge on any atom is -0.444 e. The number of aromatic nitrogens is 1. The number of guanidine groups is 1. The van der Waals surface area contributed by atoms with Crippen molar-refractivity contribution < 1.29 is 31.3 Å². The quantitative estimate of drug-likeness (QED) is 0.200. The molecule has 8 nitrogen and oxygen atoms in total. The third kappa shape index (κ3) is 9.37. The highest BCUT2D eigenvalue weighted by Gasteiger charge is 2.28. The van der Waals surface area contributed by atoms with E-state index in [0.717, 1.165) is 13.1 Å². The van der Waals surface area contributed by atoms with E-state index >= 15 is 0 Å². The van der Waals surface area contributed by atoms with Crippen LogP contribution < -0.4 is 5.32 Å². The second-order valence-electron chi connectivity index (χ2n) is 7.72. The second-order valence-corrected chi connectivity index (χ2v) is 9.80. The number of ether oxygens (including phenoxy) is 1. The molecule has 0 radical (unpaired) electrons. The van der Waals surface area contributed by atoms with Gasteiger partial charge in [-0.15, -0.1) is 0 Å². The van der Waals surface area contributed by atoms with Gasteiger partial charge in [0.2, 0.25) is 0 Å². The Bertz CT molecular complexity index is 925. The van der Waals surface area contributed by atoms with Crippen molar-refractivity contribution in [3.8, 4) is 0 Å². The number of alkyl carbamates (subject to hydrolysis) is 1. The number of halogens is 5. The Balaban J connectivity index is 3.42. The number of carbonyl (C=O) groups is 1. The fourth-order valence-corrected chi connectivity index (χ4v) is 3.00. The van der Waals surface area contributed by atoms with Crippen LogP contribution in [-0.4, -0.2) is 46.7 Å². The minimum absolute atomic E-state index is 0.128. The average molecular weight is 533 g/mol. The van der Waals surface area contributed by atoms with Crippen LogP contribution in [0.1, 0.15) is 40.3 Å². The van der Waals surface area contributed by atoms with Crippen molar-refractivity contribution in [3.05, 3.63) is 28.2 Å². The molecule has 1 amide bonds. The Kier molecular flexibility index (Phi) is 8.83. The molecule has 1 N–H and O–H groups in total. The maximum Gasteiger partial charge on any atom is 0.414 e. The molecule has 1 aromatic rings. The molecule has 1 rings (SSSR count). The van der Waals surface area contributed by atoms with E-state index in [1.165, 1.54) is 19.9 Å². The summed E-state index contributed by atoms with van der Waals surface area (Å²) in [5.74, 6) is -1.16. The number of nitrogens with zero attached hydrogens (tertiary/aromatic N) is 4. The summed E-state index contributed by atoms with van der Waals surface area (Å²) in [7, 11) is -1.46. The van der Waals surface area contributed by atoms with Gasteiger partial charge in [-0.1, -0.05) is 10.8 Å². The van der Waals surface area contributed by atoms with Gasteiger partial charge in [-0.05, 0) is 69.7 Å². The largest absolute Gasteiger partial charge is 0.444 e. The summed E-state index contributed by atoms with van der Waals surface area (Å²) in [6, 6.07) is 2.51. The molecule has 0 aromatic carbocycles. The number of hydrogen-bond acceptors (Lipinski definition) is 7. The van der Waals surface area contributed by atoms with Gasteiger partial charge in [0.15, 0.2) is 5.96 Å². The number of aliphatic imine (C=N–C) groups is 1. The van der Waals surface area contributed by atoms with Crippen LogP contribution in [0.4, 0.5) is 22.4 Å². The van der Waals surface area contributed by atoms with E-state index in [1.807, 2.05) is 0 Å². The number of amides is 1. The average Bonchev–Trinajstić information content (AvgIpc) is 2.57. The lowest BCUT2D eigenvalue weighted by molar-refractivity contribution is -0.117. The molecule has 0 unspecified atom stereocenters. The summed E-state index contributed by atoms with van der Waals surface area (Å²) in [6.07, 6.45) is -5.68. The van der Waals surface area contributed by atoms with Crippen molar-refractivity contribution in [2.75, 3.05) is 13.6 Å². The summed E-state index contributed by atoms with van der Waals surface area (Å²) in [5, 5.41) is 2.23. The molecule has 0 spiro atoms. The van der Waals surface area contributed by atoms with Gasteiger partial charge in [0.1, 0.15) is 33.8 Å². The molecule has 14 heteroatoms. The van der Waals surface area contributed by atoms with Crippen molar-refractivity contribution in [2.45, 2.75) is 51.9 Å². The molecule has 0 aliphatic carbocycles. The van der Waals surface area contributed by atoms with Gasteiger partial charge in [-0.25, -0.2) is 19.2 Å². The van der Waals surface area contributed by atoms with Gasteiger partial charge in [0.25, 0.3) is 0 Å². The third-order valence-electron chi connectivity index (χ3n) is 3.28. The van der Waals surface area contributed by atoms with Crippen LogP contribution in [0, 0.1) is 5.82 Å². The zero-order chi connectivity index (χ0) is 24.2. The van der Waals surface area contributed by atoms with E-state index in [2.05, 4.69) is 35.6 Å².